The Morgan fingerprint density at radius 1 is 1.50 bits per heavy atom. The number of rotatable bonds is 3. The minimum Gasteiger partial charge on any atom is -0.329 e. The van der Waals surface area contributed by atoms with Gasteiger partial charge in [-0.1, -0.05) is 6.07 Å². The van der Waals surface area contributed by atoms with Gasteiger partial charge in [0.15, 0.2) is 0 Å². The molecule has 1 aromatic carbocycles. The molecule has 1 aromatic rings. The third-order valence-electron chi connectivity index (χ3n) is 2.03. The van der Waals surface area contributed by atoms with Gasteiger partial charge >= 0.3 is 0 Å². The zero-order valence-corrected chi connectivity index (χ0v) is 7.70. The molecule has 0 aromatic heterocycles. The van der Waals surface area contributed by atoms with Gasteiger partial charge in [-0.05, 0) is 23.3 Å². The van der Waals surface area contributed by atoms with Crippen molar-refractivity contribution in [1.29, 1.82) is 5.26 Å². The first-order valence-electron chi connectivity index (χ1n) is 4.30. The summed E-state index contributed by atoms with van der Waals surface area (Å²) in [6, 6.07) is 5.82. The van der Waals surface area contributed by atoms with Gasteiger partial charge in [0.05, 0.1) is 12.5 Å². The number of hydrogen-bond acceptors (Lipinski definition) is 3. The molecule has 0 radical (unpaired) electrons. The lowest BCUT2D eigenvalue weighted by Gasteiger charge is -2.13. The monoisotopic (exact) mass is 193 g/mol. The Labute approximate surface area is 82.1 Å². The maximum atomic E-state index is 12.9. The third-order valence-corrected chi connectivity index (χ3v) is 2.03. The summed E-state index contributed by atoms with van der Waals surface area (Å²) < 4.78 is 12.9. The molecule has 1 rings (SSSR count). The first-order valence-corrected chi connectivity index (χ1v) is 4.30. The van der Waals surface area contributed by atoms with Crippen molar-refractivity contribution in [3.63, 3.8) is 0 Å². The maximum absolute atomic E-state index is 12.9. The summed E-state index contributed by atoms with van der Waals surface area (Å²) in [5.74, 6) is -0.356. The molecule has 0 aliphatic heterocycles. The number of hydrogen-bond donors (Lipinski definition) is 2. The number of halogens is 1. The molecule has 74 valence electrons. The Morgan fingerprint density at radius 2 is 2.21 bits per heavy atom. The Hall–Kier alpha value is -1.44. The van der Waals surface area contributed by atoms with E-state index in [1.165, 1.54) is 12.1 Å². The Morgan fingerprint density at radius 3 is 2.79 bits per heavy atom. The van der Waals surface area contributed by atoms with E-state index in [-0.39, 0.29) is 18.8 Å². The van der Waals surface area contributed by atoms with Gasteiger partial charge in [0.1, 0.15) is 5.82 Å². The average molecular weight is 193 g/mol. The van der Waals surface area contributed by atoms with E-state index in [2.05, 4.69) is 0 Å². The Balaban J connectivity index is 3.10. The van der Waals surface area contributed by atoms with Crippen LogP contribution in [-0.4, -0.2) is 6.54 Å². The van der Waals surface area contributed by atoms with Crippen LogP contribution in [0.3, 0.4) is 0 Å². The van der Waals surface area contributed by atoms with Crippen molar-refractivity contribution < 1.29 is 4.39 Å². The second-order valence-corrected chi connectivity index (χ2v) is 3.02. The molecule has 0 bridgehead atoms. The lowest BCUT2D eigenvalue weighted by atomic mass is 9.99. The molecular weight excluding hydrogens is 181 g/mol. The summed E-state index contributed by atoms with van der Waals surface area (Å²) in [6.45, 7) is 0.238. The molecule has 4 heteroatoms. The molecule has 0 fully saturated rings. The third kappa shape index (κ3) is 2.28. The fourth-order valence-corrected chi connectivity index (χ4v) is 1.28. The van der Waals surface area contributed by atoms with E-state index >= 15 is 0 Å². The van der Waals surface area contributed by atoms with Crippen LogP contribution < -0.4 is 11.5 Å². The zero-order valence-electron chi connectivity index (χ0n) is 7.70. The molecule has 0 saturated carbocycles. The Kier molecular flexibility index (Phi) is 3.57. The van der Waals surface area contributed by atoms with E-state index in [0.717, 1.165) is 5.56 Å². The van der Waals surface area contributed by atoms with E-state index in [0.29, 0.717) is 5.56 Å². The van der Waals surface area contributed by atoms with Crippen molar-refractivity contribution >= 4 is 0 Å². The number of nitrogens with zero attached hydrogens (tertiary/aromatic N) is 1. The van der Waals surface area contributed by atoms with Gasteiger partial charge in [-0.2, -0.15) is 5.26 Å². The molecule has 0 aliphatic carbocycles. The largest absolute Gasteiger partial charge is 0.329 e. The summed E-state index contributed by atoms with van der Waals surface area (Å²) in [6.07, 6.45) is 0.226. The second-order valence-electron chi connectivity index (χ2n) is 3.02. The van der Waals surface area contributed by atoms with Crippen LogP contribution in [0.5, 0.6) is 0 Å². The van der Waals surface area contributed by atoms with Gasteiger partial charge < -0.3 is 11.5 Å². The van der Waals surface area contributed by atoms with Gasteiger partial charge in [-0.3, -0.25) is 0 Å². The van der Waals surface area contributed by atoms with Gasteiger partial charge in [0.2, 0.25) is 0 Å². The number of nitriles is 1. The first-order chi connectivity index (χ1) is 6.69. The normalized spacial score (nSPS) is 12.1. The summed E-state index contributed by atoms with van der Waals surface area (Å²) in [5, 5.41) is 8.55. The highest BCUT2D eigenvalue weighted by molar-refractivity contribution is 5.32. The molecule has 3 nitrogen and oxygen atoms in total. The van der Waals surface area contributed by atoms with Crippen molar-refractivity contribution in [2.24, 2.45) is 11.5 Å². The van der Waals surface area contributed by atoms with E-state index in [1.54, 1.807) is 6.07 Å². The fraction of sp³-hybridized carbons (Fsp3) is 0.300. The van der Waals surface area contributed by atoms with Gasteiger partial charge in [-0.15, -0.1) is 0 Å². The second kappa shape index (κ2) is 4.70. The van der Waals surface area contributed by atoms with Gasteiger partial charge in [0, 0.05) is 12.6 Å². The lowest BCUT2D eigenvalue weighted by Crippen LogP contribution is -2.22. The average Bonchev–Trinajstić information content (AvgIpc) is 2.20. The molecule has 0 spiro atoms. The lowest BCUT2D eigenvalue weighted by molar-refractivity contribution is 0.618. The van der Waals surface area contributed by atoms with E-state index in [9.17, 15) is 4.39 Å². The van der Waals surface area contributed by atoms with E-state index in [4.69, 9.17) is 16.7 Å². The quantitative estimate of drug-likeness (QED) is 0.747. The molecule has 0 unspecified atom stereocenters. The molecule has 0 saturated heterocycles. The highest BCUT2D eigenvalue weighted by atomic mass is 19.1. The summed E-state index contributed by atoms with van der Waals surface area (Å²) in [5.41, 5.74) is 12.4. The predicted molar refractivity (Wildman–Crippen MR) is 51.7 cm³/mol. The van der Waals surface area contributed by atoms with E-state index < -0.39 is 6.04 Å². The molecule has 0 aliphatic rings. The van der Waals surface area contributed by atoms with E-state index in [1.807, 2.05) is 6.07 Å². The number of nitrogens with two attached hydrogens (primary N) is 2. The van der Waals surface area contributed by atoms with Crippen molar-refractivity contribution in [3.05, 3.63) is 35.1 Å². The first kappa shape index (κ1) is 10.6. The smallest absolute Gasteiger partial charge is 0.123 e. The topological polar surface area (TPSA) is 75.8 Å². The van der Waals surface area contributed by atoms with Crippen LogP contribution in [0, 0.1) is 17.1 Å². The minimum absolute atomic E-state index is 0.226. The molecule has 1 atom stereocenters. The molecule has 0 amide bonds. The molecule has 4 N–H and O–H groups in total. The maximum Gasteiger partial charge on any atom is 0.123 e. The van der Waals surface area contributed by atoms with Crippen molar-refractivity contribution in [2.45, 2.75) is 12.5 Å². The summed E-state index contributed by atoms with van der Waals surface area (Å²) in [7, 11) is 0. The molecule has 0 heterocycles. The van der Waals surface area contributed by atoms with Gasteiger partial charge in [-0.25, -0.2) is 4.39 Å². The van der Waals surface area contributed by atoms with Crippen molar-refractivity contribution in [2.75, 3.05) is 6.54 Å². The van der Waals surface area contributed by atoms with Crippen LogP contribution >= 0.6 is 0 Å². The predicted octanol–water partition coefficient (Wildman–Crippen LogP) is 0.850. The highest BCUT2D eigenvalue weighted by Gasteiger charge is 2.10. The SMILES string of the molecule is N#CCc1ccc(F)cc1[C@@H](N)CN. The van der Waals surface area contributed by atoms with Crippen LogP contribution in [0.1, 0.15) is 17.2 Å². The zero-order chi connectivity index (χ0) is 10.6. The van der Waals surface area contributed by atoms with Crippen LogP contribution in [0.2, 0.25) is 0 Å². The number of benzene rings is 1. The summed E-state index contributed by atoms with van der Waals surface area (Å²) >= 11 is 0. The van der Waals surface area contributed by atoms with Crippen LogP contribution in [0.4, 0.5) is 4.39 Å². The fourth-order valence-electron chi connectivity index (χ4n) is 1.28. The van der Waals surface area contributed by atoms with Gasteiger partial charge in [0.25, 0.3) is 0 Å². The highest BCUT2D eigenvalue weighted by Crippen LogP contribution is 2.17. The minimum atomic E-state index is -0.408. The van der Waals surface area contributed by atoms with Crippen LogP contribution in [0.15, 0.2) is 18.2 Å². The standard InChI is InChI=1S/C10H12FN3/c11-8-2-1-7(3-4-12)9(5-8)10(14)6-13/h1-2,5,10H,3,6,13-14H2/t10-/m0/s1. The molecule has 14 heavy (non-hydrogen) atoms. The molecular formula is C10H12FN3. The van der Waals surface area contributed by atoms with Crippen molar-refractivity contribution in [1.82, 2.24) is 0 Å². The Bertz CT molecular complexity index is 357. The summed E-state index contributed by atoms with van der Waals surface area (Å²) in [4.78, 5) is 0. The van der Waals surface area contributed by atoms with Crippen molar-refractivity contribution in [3.8, 4) is 6.07 Å². The van der Waals surface area contributed by atoms with Crippen LogP contribution in [-0.2, 0) is 6.42 Å². The van der Waals surface area contributed by atoms with Crippen LogP contribution in [0.25, 0.3) is 0 Å².